The Balaban J connectivity index is 1.88. The molecule has 0 saturated carbocycles. The number of methoxy groups -OCH3 is 1. The van der Waals surface area contributed by atoms with E-state index in [1.807, 2.05) is 56.3 Å². The smallest absolute Gasteiger partial charge is 0.255 e. The van der Waals surface area contributed by atoms with E-state index >= 15 is 0 Å². The van der Waals surface area contributed by atoms with Gasteiger partial charge in [0.2, 0.25) is 10.0 Å². The summed E-state index contributed by atoms with van der Waals surface area (Å²) in [6.07, 6.45) is 0. The summed E-state index contributed by atoms with van der Waals surface area (Å²) >= 11 is 3.44. The van der Waals surface area contributed by atoms with Gasteiger partial charge in [-0.2, -0.15) is 0 Å². The topological polar surface area (TPSA) is 84.5 Å². The minimum atomic E-state index is -3.91. The van der Waals surface area contributed by atoms with Crippen LogP contribution in [-0.2, 0) is 16.6 Å². The summed E-state index contributed by atoms with van der Waals surface area (Å²) < 4.78 is 34.6. The molecule has 0 bridgehead atoms. The third-order valence-corrected chi connectivity index (χ3v) is 6.64. The second-order valence-electron chi connectivity index (χ2n) is 7.04. The average molecular weight is 503 g/mol. The number of anilines is 1. The number of ether oxygens (including phenoxy) is 1. The van der Waals surface area contributed by atoms with Crippen LogP contribution in [0.5, 0.6) is 5.75 Å². The Bertz CT molecular complexity index is 1190. The van der Waals surface area contributed by atoms with E-state index in [4.69, 9.17) is 4.74 Å². The highest BCUT2D eigenvalue weighted by Gasteiger charge is 2.22. The molecule has 0 fully saturated rings. The van der Waals surface area contributed by atoms with Crippen molar-refractivity contribution in [3.05, 3.63) is 87.4 Å². The molecular weight excluding hydrogens is 480 g/mol. The fourth-order valence-electron chi connectivity index (χ4n) is 3.17. The van der Waals surface area contributed by atoms with Crippen molar-refractivity contribution in [1.29, 1.82) is 0 Å². The lowest BCUT2D eigenvalue weighted by atomic mass is 10.1. The predicted octanol–water partition coefficient (Wildman–Crippen LogP) is 4.81. The molecule has 8 heteroatoms. The van der Waals surface area contributed by atoms with E-state index in [0.29, 0.717) is 5.69 Å². The van der Waals surface area contributed by atoms with Crippen molar-refractivity contribution in [2.45, 2.75) is 25.3 Å². The molecule has 0 aliphatic heterocycles. The SMILES string of the molecule is COc1ccc(C(=O)Nc2c(C)cc(Br)cc2C)cc1S(=O)(=O)NCc1ccccc1. The Hall–Kier alpha value is -2.68. The Labute approximate surface area is 190 Å². The zero-order chi connectivity index (χ0) is 22.6. The molecule has 0 aromatic heterocycles. The third kappa shape index (κ3) is 5.52. The van der Waals surface area contributed by atoms with Gasteiger partial charge >= 0.3 is 0 Å². The van der Waals surface area contributed by atoms with Gasteiger partial charge in [-0.1, -0.05) is 46.3 Å². The fourth-order valence-corrected chi connectivity index (χ4v) is 5.07. The van der Waals surface area contributed by atoms with E-state index < -0.39 is 15.9 Å². The van der Waals surface area contributed by atoms with Gasteiger partial charge in [0.25, 0.3) is 5.91 Å². The molecule has 0 aliphatic carbocycles. The monoisotopic (exact) mass is 502 g/mol. The zero-order valence-corrected chi connectivity index (χ0v) is 19.8. The highest BCUT2D eigenvalue weighted by molar-refractivity contribution is 9.10. The van der Waals surface area contributed by atoms with Gasteiger partial charge in [0.15, 0.2) is 0 Å². The van der Waals surface area contributed by atoms with Crippen molar-refractivity contribution in [2.75, 3.05) is 12.4 Å². The quantitative estimate of drug-likeness (QED) is 0.485. The van der Waals surface area contributed by atoms with Crippen LogP contribution in [0.1, 0.15) is 27.0 Å². The summed E-state index contributed by atoms with van der Waals surface area (Å²) in [5.41, 5.74) is 3.51. The summed E-state index contributed by atoms with van der Waals surface area (Å²) in [6, 6.07) is 17.3. The van der Waals surface area contributed by atoms with Gasteiger partial charge in [-0.05, 0) is 60.9 Å². The van der Waals surface area contributed by atoms with Crippen LogP contribution in [0, 0.1) is 13.8 Å². The van der Waals surface area contributed by atoms with Crippen LogP contribution < -0.4 is 14.8 Å². The number of amides is 1. The third-order valence-electron chi connectivity index (χ3n) is 4.76. The lowest BCUT2D eigenvalue weighted by molar-refractivity contribution is 0.102. The first-order chi connectivity index (χ1) is 14.7. The fraction of sp³-hybridized carbons (Fsp3) is 0.174. The lowest BCUT2D eigenvalue weighted by Gasteiger charge is -2.15. The number of sulfonamides is 1. The van der Waals surface area contributed by atoms with Crippen LogP contribution in [-0.4, -0.2) is 21.4 Å². The van der Waals surface area contributed by atoms with E-state index in [0.717, 1.165) is 21.2 Å². The number of hydrogen-bond acceptors (Lipinski definition) is 4. The molecule has 0 atom stereocenters. The normalized spacial score (nSPS) is 11.2. The van der Waals surface area contributed by atoms with Crippen molar-refractivity contribution in [3.8, 4) is 5.75 Å². The van der Waals surface area contributed by atoms with Crippen LogP contribution in [0.25, 0.3) is 0 Å². The maximum Gasteiger partial charge on any atom is 0.255 e. The molecule has 6 nitrogen and oxygen atoms in total. The molecule has 0 heterocycles. The van der Waals surface area contributed by atoms with Crippen LogP contribution in [0.15, 0.2) is 70.0 Å². The van der Waals surface area contributed by atoms with Crippen LogP contribution in [0.2, 0.25) is 0 Å². The van der Waals surface area contributed by atoms with E-state index in [1.54, 1.807) is 0 Å². The molecule has 0 radical (unpaired) electrons. The number of benzene rings is 3. The number of aryl methyl sites for hydroxylation is 2. The molecule has 3 rings (SSSR count). The molecule has 0 aliphatic rings. The van der Waals surface area contributed by atoms with E-state index in [-0.39, 0.29) is 22.8 Å². The molecule has 2 N–H and O–H groups in total. The second-order valence-corrected chi connectivity index (χ2v) is 9.70. The van der Waals surface area contributed by atoms with Crippen molar-refractivity contribution in [3.63, 3.8) is 0 Å². The Kier molecular flexibility index (Phi) is 7.15. The van der Waals surface area contributed by atoms with Gasteiger partial charge < -0.3 is 10.1 Å². The highest BCUT2D eigenvalue weighted by atomic mass is 79.9. The van der Waals surface area contributed by atoms with Crippen molar-refractivity contribution in [2.24, 2.45) is 0 Å². The molecule has 3 aromatic carbocycles. The first kappa shape index (κ1) is 23.0. The molecule has 0 unspecified atom stereocenters. The van der Waals surface area contributed by atoms with E-state index in [2.05, 4.69) is 26.0 Å². The standard InChI is InChI=1S/C23H23BrN2O4S/c1-15-11-19(24)12-16(2)22(15)26-23(27)18-9-10-20(30-3)21(13-18)31(28,29)25-14-17-7-5-4-6-8-17/h4-13,25H,14H2,1-3H3,(H,26,27). The number of rotatable bonds is 7. The molecule has 3 aromatic rings. The second kappa shape index (κ2) is 9.64. The van der Waals surface area contributed by atoms with Gasteiger partial charge in [-0.25, -0.2) is 13.1 Å². The van der Waals surface area contributed by atoms with Crippen molar-refractivity contribution in [1.82, 2.24) is 4.72 Å². The minimum Gasteiger partial charge on any atom is -0.495 e. The lowest BCUT2D eigenvalue weighted by Crippen LogP contribution is -2.24. The summed E-state index contributed by atoms with van der Waals surface area (Å²) in [5, 5.41) is 2.88. The van der Waals surface area contributed by atoms with Crippen molar-refractivity contribution < 1.29 is 17.9 Å². The number of nitrogens with one attached hydrogen (secondary N) is 2. The van der Waals surface area contributed by atoms with Gasteiger partial charge in [0, 0.05) is 22.3 Å². The number of halogens is 1. The zero-order valence-electron chi connectivity index (χ0n) is 17.4. The Morgan fingerprint density at radius 1 is 1.00 bits per heavy atom. The average Bonchev–Trinajstić information content (AvgIpc) is 2.75. The largest absolute Gasteiger partial charge is 0.495 e. The minimum absolute atomic E-state index is 0.0946. The van der Waals surface area contributed by atoms with Crippen LogP contribution in [0.4, 0.5) is 5.69 Å². The van der Waals surface area contributed by atoms with E-state index in [1.165, 1.54) is 25.3 Å². The predicted molar refractivity (Wildman–Crippen MR) is 125 cm³/mol. The molecular formula is C23H23BrN2O4S. The van der Waals surface area contributed by atoms with E-state index in [9.17, 15) is 13.2 Å². The van der Waals surface area contributed by atoms with Crippen molar-refractivity contribution >= 4 is 37.5 Å². The molecule has 0 saturated heterocycles. The first-order valence-electron chi connectivity index (χ1n) is 9.51. The maximum absolute atomic E-state index is 12.9. The number of carbonyl (C=O) groups excluding carboxylic acids is 1. The maximum atomic E-state index is 12.9. The van der Waals surface area contributed by atoms with Crippen LogP contribution in [0.3, 0.4) is 0 Å². The summed E-state index contributed by atoms with van der Waals surface area (Å²) in [6.45, 7) is 3.91. The number of carbonyl (C=O) groups is 1. The van der Waals surface area contributed by atoms with Gasteiger partial charge in [0.1, 0.15) is 10.6 Å². The molecule has 1 amide bonds. The first-order valence-corrected chi connectivity index (χ1v) is 11.8. The Morgan fingerprint density at radius 3 is 2.26 bits per heavy atom. The summed E-state index contributed by atoms with van der Waals surface area (Å²) in [7, 11) is -2.52. The molecule has 0 spiro atoms. The molecule has 31 heavy (non-hydrogen) atoms. The number of hydrogen-bond donors (Lipinski definition) is 2. The Morgan fingerprint density at radius 2 is 1.65 bits per heavy atom. The van der Waals surface area contributed by atoms with Gasteiger partial charge in [0.05, 0.1) is 7.11 Å². The van der Waals surface area contributed by atoms with Gasteiger partial charge in [-0.15, -0.1) is 0 Å². The van der Waals surface area contributed by atoms with Gasteiger partial charge in [-0.3, -0.25) is 4.79 Å². The summed E-state index contributed by atoms with van der Waals surface area (Å²) in [5.74, 6) is -0.246. The molecule has 162 valence electrons. The highest BCUT2D eigenvalue weighted by Crippen LogP contribution is 2.28. The summed E-state index contributed by atoms with van der Waals surface area (Å²) in [4.78, 5) is 12.8. The van der Waals surface area contributed by atoms with Crippen LogP contribution >= 0.6 is 15.9 Å².